The van der Waals surface area contributed by atoms with Crippen LogP contribution in [-0.2, 0) is 0 Å². The van der Waals surface area contributed by atoms with Gasteiger partial charge in [-0.1, -0.05) is 0 Å². The van der Waals surface area contributed by atoms with E-state index in [1.807, 2.05) is 48.2 Å². The van der Waals surface area contributed by atoms with Crippen LogP contribution in [0, 0.1) is 6.92 Å². The lowest BCUT2D eigenvalue weighted by atomic mass is 10.0. The smallest absolute Gasteiger partial charge is 0.257 e. The van der Waals surface area contributed by atoms with Gasteiger partial charge in [0.25, 0.3) is 5.91 Å². The second-order valence-corrected chi connectivity index (χ2v) is 7.57. The lowest BCUT2D eigenvalue weighted by Crippen LogP contribution is -2.42. The number of ether oxygens (including phenoxy) is 1. The van der Waals surface area contributed by atoms with E-state index in [1.165, 1.54) is 6.42 Å². The van der Waals surface area contributed by atoms with Gasteiger partial charge in [-0.2, -0.15) is 0 Å². The van der Waals surface area contributed by atoms with E-state index in [4.69, 9.17) is 4.74 Å². The van der Waals surface area contributed by atoms with E-state index in [0.717, 1.165) is 47.6 Å². The van der Waals surface area contributed by atoms with Gasteiger partial charge in [0.1, 0.15) is 5.75 Å². The molecule has 1 aliphatic heterocycles. The number of pyridine rings is 2. The molecule has 0 saturated carbocycles. The molecular formula is C23H27ClN4O2. The van der Waals surface area contributed by atoms with Crippen LogP contribution < -0.4 is 10.1 Å². The summed E-state index contributed by atoms with van der Waals surface area (Å²) >= 11 is 0. The summed E-state index contributed by atoms with van der Waals surface area (Å²) < 4.78 is 5.25. The fourth-order valence-electron chi connectivity index (χ4n) is 3.84. The van der Waals surface area contributed by atoms with Crippen LogP contribution in [-0.4, -0.2) is 40.5 Å². The molecule has 1 atom stereocenters. The van der Waals surface area contributed by atoms with Crippen LogP contribution >= 0.6 is 12.4 Å². The number of hydrogen-bond donors (Lipinski definition) is 1. The Kier molecular flexibility index (Phi) is 6.77. The minimum absolute atomic E-state index is 0. The van der Waals surface area contributed by atoms with E-state index < -0.39 is 0 Å². The largest absolute Gasteiger partial charge is 0.497 e. The predicted octanol–water partition coefficient (Wildman–Crippen LogP) is 5.13. The number of hydrogen-bond acceptors (Lipinski definition) is 5. The number of rotatable bonds is 4. The van der Waals surface area contributed by atoms with Crippen molar-refractivity contribution in [3.63, 3.8) is 0 Å². The third-order valence-corrected chi connectivity index (χ3v) is 5.52. The molecule has 158 valence electrons. The van der Waals surface area contributed by atoms with E-state index in [-0.39, 0.29) is 24.4 Å². The molecule has 7 heteroatoms. The third-order valence-electron chi connectivity index (χ3n) is 5.52. The maximum atomic E-state index is 13.4. The Morgan fingerprint density at radius 1 is 1.17 bits per heavy atom. The predicted molar refractivity (Wildman–Crippen MR) is 122 cm³/mol. The van der Waals surface area contributed by atoms with Gasteiger partial charge in [0.05, 0.1) is 18.4 Å². The number of piperidine rings is 1. The average molecular weight is 427 g/mol. The first-order valence-corrected chi connectivity index (χ1v) is 10.0. The average Bonchev–Trinajstić information content (AvgIpc) is 2.74. The van der Waals surface area contributed by atoms with Crippen LogP contribution in [0.15, 0.2) is 42.6 Å². The van der Waals surface area contributed by atoms with Gasteiger partial charge >= 0.3 is 0 Å². The Morgan fingerprint density at radius 3 is 2.63 bits per heavy atom. The highest BCUT2D eigenvalue weighted by Gasteiger charge is 2.27. The zero-order valence-corrected chi connectivity index (χ0v) is 18.3. The van der Waals surface area contributed by atoms with Crippen LogP contribution in [0.3, 0.4) is 0 Å². The van der Waals surface area contributed by atoms with Crippen molar-refractivity contribution >= 4 is 40.7 Å². The van der Waals surface area contributed by atoms with E-state index in [0.29, 0.717) is 11.2 Å². The summed E-state index contributed by atoms with van der Waals surface area (Å²) in [6.45, 7) is 4.84. The van der Waals surface area contributed by atoms with Crippen LogP contribution in [0.1, 0.15) is 42.2 Å². The Hall–Kier alpha value is -2.86. The normalized spacial score (nSPS) is 16.1. The molecule has 2 aromatic heterocycles. The Labute approximate surface area is 183 Å². The topological polar surface area (TPSA) is 67.3 Å². The number of nitrogens with zero attached hydrogens (tertiary/aromatic N) is 3. The number of carbonyl (C=O) groups excluding carboxylic acids is 1. The van der Waals surface area contributed by atoms with Gasteiger partial charge < -0.3 is 15.0 Å². The summed E-state index contributed by atoms with van der Waals surface area (Å²) in [6, 6.07) is 11.8. The molecule has 4 rings (SSSR count). The molecule has 6 nitrogen and oxygen atoms in total. The number of anilines is 2. The SMILES string of the molecule is COc1ccc(Nc2c(C(=O)N3CCCCC3C)cnc3nc(C)ccc23)cc1.Cl. The first-order valence-electron chi connectivity index (χ1n) is 10.0. The van der Waals surface area contributed by atoms with Crippen molar-refractivity contribution < 1.29 is 9.53 Å². The standard InChI is InChI=1S/C23H26N4O2.ClH/c1-15-7-12-19-21(26-17-8-10-18(29-3)11-9-17)20(14-24-22(19)25-15)23(28)27-13-5-4-6-16(27)2;/h7-12,14,16H,4-6,13H2,1-3H3,(H,24,25,26);1H. The summed E-state index contributed by atoms with van der Waals surface area (Å²) in [5.74, 6) is 0.800. The Bertz CT molecular complexity index is 1040. The molecule has 1 aliphatic rings. The molecule has 0 bridgehead atoms. The van der Waals surface area contributed by atoms with Gasteiger partial charge in [-0.25, -0.2) is 9.97 Å². The highest BCUT2D eigenvalue weighted by atomic mass is 35.5. The van der Waals surface area contributed by atoms with E-state index >= 15 is 0 Å². The number of aromatic nitrogens is 2. The molecule has 1 saturated heterocycles. The second-order valence-electron chi connectivity index (χ2n) is 7.57. The zero-order chi connectivity index (χ0) is 20.4. The van der Waals surface area contributed by atoms with Gasteiger partial charge in [0.2, 0.25) is 0 Å². The van der Waals surface area contributed by atoms with Gasteiger partial charge in [-0.3, -0.25) is 4.79 Å². The molecule has 1 unspecified atom stereocenters. The van der Waals surface area contributed by atoms with Gasteiger partial charge in [-0.15, -0.1) is 12.4 Å². The van der Waals surface area contributed by atoms with Gasteiger partial charge in [0, 0.05) is 35.6 Å². The molecule has 1 aromatic carbocycles. The molecule has 1 amide bonds. The number of methoxy groups -OCH3 is 1. The van der Waals surface area contributed by atoms with Gasteiger partial charge in [-0.05, 0) is 69.5 Å². The Morgan fingerprint density at radius 2 is 1.93 bits per heavy atom. The van der Waals surface area contributed by atoms with E-state index in [2.05, 4.69) is 22.2 Å². The third kappa shape index (κ3) is 4.33. The molecule has 3 aromatic rings. The highest BCUT2D eigenvalue weighted by molar-refractivity contribution is 6.07. The molecule has 30 heavy (non-hydrogen) atoms. The molecule has 0 radical (unpaired) electrons. The quantitative estimate of drug-likeness (QED) is 0.626. The van der Waals surface area contributed by atoms with Gasteiger partial charge in [0.15, 0.2) is 5.65 Å². The summed E-state index contributed by atoms with van der Waals surface area (Å²) in [7, 11) is 1.64. The van der Waals surface area contributed by atoms with Crippen molar-refractivity contribution in [1.82, 2.24) is 14.9 Å². The maximum Gasteiger partial charge on any atom is 0.257 e. The maximum absolute atomic E-state index is 13.4. The van der Waals surface area contributed by atoms with Crippen LogP contribution in [0.4, 0.5) is 11.4 Å². The summed E-state index contributed by atoms with van der Waals surface area (Å²) in [6.07, 6.45) is 4.90. The fraction of sp³-hybridized carbons (Fsp3) is 0.348. The summed E-state index contributed by atoms with van der Waals surface area (Å²) in [5, 5.41) is 4.27. The van der Waals surface area contributed by atoms with E-state index in [1.54, 1.807) is 13.3 Å². The lowest BCUT2D eigenvalue weighted by Gasteiger charge is -2.34. The Balaban J connectivity index is 0.00000256. The van der Waals surface area contributed by atoms with Crippen molar-refractivity contribution in [3.8, 4) is 5.75 Å². The minimum atomic E-state index is 0. The summed E-state index contributed by atoms with van der Waals surface area (Å²) in [5.41, 5.74) is 3.72. The number of nitrogens with one attached hydrogen (secondary N) is 1. The molecule has 0 spiro atoms. The monoisotopic (exact) mass is 426 g/mol. The van der Waals surface area contributed by atoms with Crippen LogP contribution in [0.5, 0.6) is 5.75 Å². The number of likely N-dealkylation sites (tertiary alicyclic amines) is 1. The van der Waals surface area contributed by atoms with E-state index in [9.17, 15) is 4.79 Å². The first-order chi connectivity index (χ1) is 14.1. The number of fused-ring (bicyclic) bond motifs is 1. The number of carbonyl (C=O) groups is 1. The first kappa shape index (κ1) is 21.8. The molecule has 1 N–H and O–H groups in total. The van der Waals surface area contributed by atoms with Crippen molar-refractivity contribution in [2.75, 3.05) is 19.0 Å². The minimum Gasteiger partial charge on any atom is -0.497 e. The number of halogens is 1. The number of aryl methyl sites for hydroxylation is 1. The second kappa shape index (κ2) is 9.30. The zero-order valence-electron chi connectivity index (χ0n) is 17.5. The molecule has 3 heterocycles. The van der Waals surface area contributed by atoms with Crippen LogP contribution in [0.25, 0.3) is 11.0 Å². The molecular weight excluding hydrogens is 400 g/mol. The number of amides is 1. The number of benzene rings is 1. The lowest BCUT2D eigenvalue weighted by molar-refractivity contribution is 0.0636. The summed E-state index contributed by atoms with van der Waals surface area (Å²) in [4.78, 5) is 24.4. The van der Waals surface area contributed by atoms with Crippen molar-refractivity contribution in [1.29, 1.82) is 0 Å². The molecule has 0 aliphatic carbocycles. The van der Waals surface area contributed by atoms with Crippen molar-refractivity contribution in [2.45, 2.75) is 39.2 Å². The molecule has 1 fully saturated rings. The van der Waals surface area contributed by atoms with Crippen LogP contribution in [0.2, 0.25) is 0 Å². The highest BCUT2D eigenvalue weighted by Crippen LogP contribution is 2.31. The van der Waals surface area contributed by atoms with Crippen molar-refractivity contribution in [2.24, 2.45) is 0 Å². The van der Waals surface area contributed by atoms with Crippen molar-refractivity contribution in [3.05, 3.63) is 53.9 Å². The fourth-order valence-corrected chi connectivity index (χ4v) is 3.84.